The van der Waals surface area contributed by atoms with Crippen LogP contribution in [0.2, 0.25) is 0 Å². The van der Waals surface area contributed by atoms with E-state index in [1.165, 1.54) is 19.3 Å². The van der Waals surface area contributed by atoms with Crippen molar-refractivity contribution in [1.82, 2.24) is 0 Å². The molecule has 13 heavy (non-hydrogen) atoms. The van der Waals surface area contributed by atoms with Crippen molar-refractivity contribution in [3.63, 3.8) is 0 Å². The zero-order chi connectivity index (χ0) is 10.3. The maximum absolute atomic E-state index is 6.40. The van der Waals surface area contributed by atoms with Crippen molar-refractivity contribution in [3.8, 4) is 0 Å². The second-order valence-electron chi connectivity index (χ2n) is 6.04. The van der Waals surface area contributed by atoms with Gasteiger partial charge in [-0.1, -0.05) is 34.1 Å². The molecule has 0 heterocycles. The molecule has 0 aromatic rings. The van der Waals surface area contributed by atoms with E-state index in [4.69, 9.17) is 5.73 Å². The van der Waals surface area contributed by atoms with Crippen molar-refractivity contribution in [3.05, 3.63) is 0 Å². The van der Waals surface area contributed by atoms with Crippen molar-refractivity contribution in [1.29, 1.82) is 0 Å². The molecule has 0 aromatic carbocycles. The lowest BCUT2D eigenvalue weighted by molar-refractivity contribution is 0.0486. The topological polar surface area (TPSA) is 26.0 Å². The molecule has 0 saturated heterocycles. The lowest BCUT2D eigenvalue weighted by Crippen LogP contribution is -2.53. The summed E-state index contributed by atoms with van der Waals surface area (Å²) in [5.41, 5.74) is 6.89. The van der Waals surface area contributed by atoms with Crippen LogP contribution >= 0.6 is 0 Å². The molecular formula is C12H25N. The first-order chi connectivity index (χ1) is 5.78. The molecule has 1 nitrogen and oxygen atoms in total. The Morgan fingerprint density at radius 3 is 2.23 bits per heavy atom. The maximum atomic E-state index is 6.40. The van der Waals surface area contributed by atoms with Crippen LogP contribution in [-0.4, -0.2) is 5.54 Å². The molecule has 3 unspecified atom stereocenters. The van der Waals surface area contributed by atoms with Crippen LogP contribution in [0.25, 0.3) is 0 Å². The van der Waals surface area contributed by atoms with E-state index in [-0.39, 0.29) is 5.54 Å². The highest BCUT2D eigenvalue weighted by atomic mass is 14.8. The molecule has 0 spiro atoms. The van der Waals surface area contributed by atoms with Crippen LogP contribution in [0.1, 0.15) is 53.9 Å². The molecule has 3 atom stereocenters. The van der Waals surface area contributed by atoms with Gasteiger partial charge in [0, 0.05) is 5.54 Å². The Morgan fingerprint density at radius 1 is 1.31 bits per heavy atom. The van der Waals surface area contributed by atoms with Gasteiger partial charge in [0.1, 0.15) is 0 Å². The van der Waals surface area contributed by atoms with Gasteiger partial charge in [-0.15, -0.1) is 0 Å². The number of rotatable bonds is 1. The third-order valence-corrected chi connectivity index (χ3v) is 3.71. The molecule has 1 fully saturated rings. The SMILES string of the molecule is CCC1C(C)CC(C)(C)CC1(C)N. The lowest BCUT2D eigenvalue weighted by Gasteiger charge is -2.49. The van der Waals surface area contributed by atoms with Crippen LogP contribution in [0.3, 0.4) is 0 Å². The van der Waals surface area contributed by atoms with Gasteiger partial charge in [0.2, 0.25) is 0 Å². The Kier molecular flexibility index (Phi) is 2.78. The fourth-order valence-electron chi connectivity index (χ4n) is 3.77. The summed E-state index contributed by atoms with van der Waals surface area (Å²) in [6.45, 7) is 11.6. The first-order valence-corrected chi connectivity index (χ1v) is 5.57. The van der Waals surface area contributed by atoms with Gasteiger partial charge in [0.15, 0.2) is 0 Å². The van der Waals surface area contributed by atoms with Crippen LogP contribution < -0.4 is 5.73 Å². The predicted molar refractivity (Wildman–Crippen MR) is 58.6 cm³/mol. The Morgan fingerprint density at radius 2 is 1.85 bits per heavy atom. The van der Waals surface area contributed by atoms with E-state index in [1.807, 2.05) is 0 Å². The molecule has 0 bridgehead atoms. The number of hydrogen-bond acceptors (Lipinski definition) is 1. The second-order valence-corrected chi connectivity index (χ2v) is 6.04. The molecule has 0 amide bonds. The van der Waals surface area contributed by atoms with Gasteiger partial charge in [-0.3, -0.25) is 0 Å². The molecule has 1 rings (SSSR count). The first-order valence-electron chi connectivity index (χ1n) is 5.57. The maximum Gasteiger partial charge on any atom is 0.0161 e. The summed E-state index contributed by atoms with van der Waals surface area (Å²) in [7, 11) is 0. The van der Waals surface area contributed by atoms with Gasteiger partial charge < -0.3 is 5.73 Å². The van der Waals surface area contributed by atoms with E-state index in [0.29, 0.717) is 11.3 Å². The number of hydrogen-bond donors (Lipinski definition) is 1. The van der Waals surface area contributed by atoms with E-state index >= 15 is 0 Å². The van der Waals surface area contributed by atoms with Crippen molar-refractivity contribution < 1.29 is 0 Å². The fourth-order valence-corrected chi connectivity index (χ4v) is 3.77. The van der Waals surface area contributed by atoms with Gasteiger partial charge >= 0.3 is 0 Å². The Hall–Kier alpha value is -0.0400. The van der Waals surface area contributed by atoms with E-state index in [1.54, 1.807) is 0 Å². The first kappa shape index (κ1) is 11.0. The second kappa shape index (κ2) is 3.27. The van der Waals surface area contributed by atoms with Crippen molar-refractivity contribution in [2.45, 2.75) is 59.4 Å². The third kappa shape index (κ3) is 2.25. The minimum atomic E-state index is 0.0515. The summed E-state index contributed by atoms with van der Waals surface area (Å²) in [6.07, 6.45) is 3.73. The monoisotopic (exact) mass is 183 g/mol. The molecular weight excluding hydrogens is 158 g/mol. The van der Waals surface area contributed by atoms with Crippen molar-refractivity contribution in [2.24, 2.45) is 23.0 Å². The summed E-state index contributed by atoms with van der Waals surface area (Å²) in [4.78, 5) is 0. The average molecular weight is 183 g/mol. The zero-order valence-corrected chi connectivity index (χ0v) is 9.85. The van der Waals surface area contributed by atoms with Gasteiger partial charge in [0.25, 0.3) is 0 Å². The van der Waals surface area contributed by atoms with Crippen LogP contribution in [-0.2, 0) is 0 Å². The summed E-state index contributed by atoms with van der Waals surface area (Å²) < 4.78 is 0. The van der Waals surface area contributed by atoms with Crippen LogP contribution in [0.15, 0.2) is 0 Å². The van der Waals surface area contributed by atoms with Crippen molar-refractivity contribution in [2.75, 3.05) is 0 Å². The highest BCUT2D eigenvalue weighted by molar-refractivity contribution is 4.98. The van der Waals surface area contributed by atoms with E-state index in [9.17, 15) is 0 Å². The minimum Gasteiger partial charge on any atom is -0.325 e. The summed E-state index contributed by atoms with van der Waals surface area (Å²) in [6, 6.07) is 0. The predicted octanol–water partition coefficient (Wildman–Crippen LogP) is 3.19. The van der Waals surface area contributed by atoms with Gasteiger partial charge in [-0.2, -0.15) is 0 Å². The molecule has 1 aliphatic rings. The largest absolute Gasteiger partial charge is 0.325 e. The van der Waals surface area contributed by atoms with E-state index in [0.717, 1.165) is 5.92 Å². The molecule has 2 N–H and O–H groups in total. The van der Waals surface area contributed by atoms with Gasteiger partial charge in [-0.25, -0.2) is 0 Å². The average Bonchev–Trinajstić information content (AvgIpc) is 1.79. The third-order valence-electron chi connectivity index (χ3n) is 3.71. The molecule has 1 saturated carbocycles. The van der Waals surface area contributed by atoms with Gasteiger partial charge in [-0.05, 0) is 37.0 Å². The molecule has 1 aliphatic carbocycles. The minimum absolute atomic E-state index is 0.0515. The molecule has 0 aromatic heterocycles. The van der Waals surface area contributed by atoms with Crippen LogP contribution in [0, 0.1) is 17.3 Å². The zero-order valence-electron chi connectivity index (χ0n) is 9.85. The Bertz CT molecular complexity index is 182. The van der Waals surface area contributed by atoms with Crippen LogP contribution in [0.4, 0.5) is 0 Å². The van der Waals surface area contributed by atoms with E-state index < -0.39 is 0 Å². The molecule has 0 radical (unpaired) electrons. The Labute approximate surface area is 83.1 Å². The molecule has 78 valence electrons. The van der Waals surface area contributed by atoms with Crippen molar-refractivity contribution >= 4 is 0 Å². The standard InChI is InChI=1S/C12H25N/c1-6-10-9(2)7-11(3,4)8-12(10,5)13/h9-10H,6-8,13H2,1-5H3. The van der Waals surface area contributed by atoms with Crippen LogP contribution in [0.5, 0.6) is 0 Å². The summed E-state index contributed by atoms with van der Waals surface area (Å²) in [5.74, 6) is 1.49. The highest BCUT2D eigenvalue weighted by Gasteiger charge is 2.43. The molecule has 0 aliphatic heterocycles. The summed E-state index contributed by atoms with van der Waals surface area (Å²) in [5, 5.41) is 0. The fraction of sp³-hybridized carbons (Fsp3) is 1.00. The summed E-state index contributed by atoms with van der Waals surface area (Å²) >= 11 is 0. The smallest absolute Gasteiger partial charge is 0.0161 e. The quantitative estimate of drug-likeness (QED) is 0.664. The van der Waals surface area contributed by atoms with E-state index in [2.05, 4.69) is 34.6 Å². The normalized spacial score (nSPS) is 44.8. The van der Waals surface area contributed by atoms with Gasteiger partial charge in [0.05, 0.1) is 0 Å². The number of nitrogens with two attached hydrogens (primary N) is 1. The molecule has 1 heteroatoms. The highest BCUT2D eigenvalue weighted by Crippen LogP contribution is 2.47. The Balaban J connectivity index is 2.82. The lowest BCUT2D eigenvalue weighted by atomic mass is 9.59.